The first-order valence-corrected chi connectivity index (χ1v) is 6.51. The maximum Gasteiger partial charge on any atom is 0.307 e. The minimum atomic E-state index is -0.892. The van der Waals surface area contributed by atoms with Gasteiger partial charge in [-0.15, -0.1) is 0 Å². The number of rotatable bonds is 4. The summed E-state index contributed by atoms with van der Waals surface area (Å²) in [6.45, 7) is 0. The molecule has 1 heterocycles. The SMILES string of the molecule is O=C(O)Cc1cccc(Oc2ncc(Br)cc2Cl)c1. The van der Waals surface area contributed by atoms with Crippen LogP contribution in [-0.2, 0) is 11.2 Å². The van der Waals surface area contributed by atoms with Gasteiger partial charge in [-0.2, -0.15) is 0 Å². The number of aliphatic carboxylic acids is 1. The standard InChI is InChI=1S/C13H9BrClNO3/c14-9-6-11(15)13(16-7-9)19-10-3-1-2-8(4-10)5-12(17)18/h1-4,6-7H,5H2,(H,17,18). The molecule has 98 valence electrons. The van der Waals surface area contributed by atoms with E-state index in [4.69, 9.17) is 21.4 Å². The fraction of sp³-hybridized carbons (Fsp3) is 0.0769. The summed E-state index contributed by atoms with van der Waals surface area (Å²) in [6.07, 6.45) is 1.51. The molecule has 0 bridgehead atoms. The number of carboxylic acids is 1. The van der Waals surface area contributed by atoms with Crippen molar-refractivity contribution < 1.29 is 14.6 Å². The van der Waals surface area contributed by atoms with Gasteiger partial charge in [-0.05, 0) is 39.7 Å². The van der Waals surface area contributed by atoms with E-state index in [-0.39, 0.29) is 12.3 Å². The Balaban J connectivity index is 2.21. The third-order valence-electron chi connectivity index (χ3n) is 2.24. The maximum absolute atomic E-state index is 10.7. The van der Waals surface area contributed by atoms with Gasteiger partial charge in [-0.1, -0.05) is 23.7 Å². The molecule has 0 fully saturated rings. The van der Waals surface area contributed by atoms with Gasteiger partial charge in [-0.3, -0.25) is 4.79 Å². The second-order valence-electron chi connectivity index (χ2n) is 3.76. The summed E-state index contributed by atoms with van der Waals surface area (Å²) >= 11 is 9.24. The molecule has 0 aliphatic heterocycles. The molecule has 1 aromatic heterocycles. The highest BCUT2D eigenvalue weighted by Crippen LogP contribution is 2.29. The molecule has 0 aliphatic carbocycles. The molecule has 0 saturated heterocycles. The normalized spacial score (nSPS) is 10.2. The van der Waals surface area contributed by atoms with E-state index in [0.717, 1.165) is 4.47 Å². The molecule has 0 amide bonds. The minimum absolute atomic E-state index is 0.0568. The Hall–Kier alpha value is -1.59. The molecular formula is C13H9BrClNO3. The number of hydrogen-bond donors (Lipinski definition) is 1. The lowest BCUT2D eigenvalue weighted by atomic mass is 10.1. The van der Waals surface area contributed by atoms with Crippen molar-refractivity contribution in [1.82, 2.24) is 4.98 Å². The van der Waals surface area contributed by atoms with Crippen LogP contribution in [0.4, 0.5) is 0 Å². The summed E-state index contributed by atoms with van der Waals surface area (Å²) in [5, 5.41) is 9.12. The van der Waals surface area contributed by atoms with Crippen molar-refractivity contribution in [2.75, 3.05) is 0 Å². The van der Waals surface area contributed by atoms with Gasteiger partial charge >= 0.3 is 5.97 Å². The Bertz CT molecular complexity index is 619. The predicted molar refractivity (Wildman–Crippen MR) is 74.8 cm³/mol. The van der Waals surface area contributed by atoms with Crippen molar-refractivity contribution in [1.29, 1.82) is 0 Å². The Kier molecular flexibility index (Phi) is 4.39. The smallest absolute Gasteiger partial charge is 0.307 e. The van der Waals surface area contributed by atoms with E-state index in [0.29, 0.717) is 16.3 Å². The monoisotopic (exact) mass is 341 g/mol. The molecule has 19 heavy (non-hydrogen) atoms. The molecule has 0 unspecified atom stereocenters. The molecule has 6 heteroatoms. The molecule has 0 aliphatic rings. The van der Waals surface area contributed by atoms with Crippen LogP contribution in [0.1, 0.15) is 5.56 Å². The number of halogens is 2. The lowest BCUT2D eigenvalue weighted by Crippen LogP contribution is -2.00. The van der Waals surface area contributed by atoms with Crippen molar-refractivity contribution in [3.05, 3.63) is 51.6 Å². The number of hydrogen-bond acceptors (Lipinski definition) is 3. The van der Waals surface area contributed by atoms with E-state index in [1.165, 1.54) is 0 Å². The van der Waals surface area contributed by atoms with Gasteiger partial charge in [0.1, 0.15) is 10.8 Å². The summed E-state index contributed by atoms with van der Waals surface area (Å²) in [5.74, 6) is -0.121. The number of carbonyl (C=O) groups is 1. The topological polar surface area (TPSA) is 59.4 Å². The van der Waals surface area contributed by atoms with Crippen LogP contribution in [0.25, 0.3) is 0 Å². The fourth-order valence-electron chi connectivity index (χ4n) is 1.48. The molecule has 2 aromatic rings. The molecule has 2 rings (SSSR count). The van der Waals surface area contributed by atoms with Gasteiger partial charge in [0.15, 0.2) is 0 Å². The quantitative estimate of drug-likeness (QED) is 0.915. The number of carboxylic acid groups (broad SMARTS) is 1. The maximum atomic E-state index is 10.7. The third-order valence-corrected chi connectivity index (χ3v) is 2.95. The highest BCUT2D eigenvalue weighted by atomic mass is 79.9. The highest BCUT2D eigenvalue weighted by molar-refractivity contribution is 9.10. The molecule has 0 spiro atoms. The van der Waals surface area contributed by atoms with Gasteiger partial charge in [-0.25, -0.2) is 4.98 Å². The van der Waals surface area contributed by atoms with Crippen molar-refractivity contribution in [3.8, 4) is 11.6 Å². The van der Waals surface area contributed by atoms with Crippen molar-refractivity contribution in [2.24, 2.45) is 0 Å². The summed E-state index contributed by atoms with van der Waals surface area (Å²) in [5.41, 5.74) is 0.651. The average molecular weight is 343 g/mol. The number of aromatic nitrogens is 1. The average Bonchev–Trinajstić information content (AvgIpc) is 2.32. The third kappa shape index (κ3) is 3.94. The second kappa shape index (κ2) is 6.04. The number of nitrogens with zero attached hydrogens (tertiary/aromatic N) is 1. The van der Waals surface area contributed by atoms with Crippen molar-refractivity contribution in [3.63, 3.8) is 0 Å². The van der Waals surface area contributed by atoms with Crippen LogP contribution in [0.3, 0.4) is 0 Å². The first-order valence-electron chi connectivity index (χ1n) is 5.34. The Morgan fingerprint density at radius 3 is 2.89 bits per heavy atom. The summed E-state index contributed by atoms with van der Waals surface area (Å²) in [6, 6.07) is 8.47. The van der Waals surface area contributed by atoms with E-state index >= 15 is 0 Å². The summed E-state index contributed by atoms with van der Waals surface area (Å²) in [4.78, 5) is 14.7. The lowest BCUT2D eigenvalue weighted by Gasteiger charge is -2.07. The van der Waals surface area contributed by atoms with E-state index in [2.05, 4.69) is 20.9 Å². The van der Waals surface area contributed by atoms with Crippen LogP contribution >= 0.6 is 27.5 Å². The van der Waals surface area contributed by atoms with Crippen LogP contribution in [0.2, 0.25) is 5.02 Å². The van der Waals surface area contributed by atoms with Crippen molar-refractivity contribution >= 4 is 33.5 Å². The first kappa shape index (κ1) is 13.8. The molecule has 0 atom stereocenters. The largest absolute Gasteiger partial charge is 0.481 e. The Morgan fingerprint density at radius 1 is 1.42 bits per heavy atom. The van der Waals surface area contributed by atoms with E-state index in [9.17, 15) is 4.79 Å². The van der Waals surface area contributed by atoms with E-state index < -0.39 is 5.97 Å². The Labute approximate surface area is 123 Å². The minimum Gasteiger partial charge on any atom is -0.481 e. The second-order valence-corrected chi connectivity index (χ2v) is 5.08. The molecular weight excluding hydrogens is 334 g/mol. The highest BCUT2D eigenvalue weighted by Gasteiger charge is 2.07. The number of pyridine rings is 1. The molecule has 0 saturated carbocycles. The number of benzene rings is 1. The molecule has 4 nitrogen and oxygen atoms in total. The van der Waals surface area contributed by atoms with Crippen LogP contribution in [0, 0.1) is 0 Å². The van der Waals surface area contributed by atoms with Gasteiger partial charge in [0.2, 0.25) is 5.88 Å². The van der Waals surface area contributed by atoms with Crippen LogP contribution < -0.4 is 4.74 Å². The van der Waals surface area contributed by atoms with Gasteiger partial charge in [0.25, 0.3) is 0 Å². The zero-order chi connectivity index (χ0) is 13.8. The van der Waals surface area contributed by atoms with Gasteiger partial charge in [0.05, 0.1) is 6.42 Å². The first-order chi connectivity index (χ1) is 9.04. The lowest BCUT2D eigenvalue weighted by molar-refractivity contribution is -0.136. The summed E-state index contributed by atoms with van der Waals surface area (Å²) in [7, 11) is 0. The van der Waals surface area contributed by atoms with E-state index in [1.54, 1.807) is 36.5 Å². The fourth-order valence-corrected chi connectivity index (χ4v) is 2.15. The molecule has 1 aromatic carbocycles. The van der Waals surface area contributed by atoms with Crippen LogP contribution in [0.5, 0.6) is 11.6 Å². The molecule has 1 N–H and O–H groups in total. The number of ether oxygens (including phenoxy) is 1. The van der Waals surface area contributed by atoms with Crippen LogP contribution in [0.15, 0.2) is 41.0 Å². The molecule has 0 radical (unpaired) electrons. The Morgan fingerprint density at radius 2 is 2.21 bits per heavy atom. The van der Waals surface area contributed by atoms with Gasteiger partial charge < -0.3 is 9.84 Å². The van der Waals surface area contributed by atoms with Gasteiger partial charge in [0, 0.05) is 10.7 Å². The van der Waals surface area contributed by atoms with E-state index in [1.807, 2.05) is 0 Å². The van der Waals surface area contributed by atoms with Crippen molar-refractivity contribution in [2.45, 2.75) is 6.42 Å². The zero-order valence-corrected chi connectivity index (χ0v) is 12.0. The zero-order valence-electron chi connectivity index (χ0n) is 9.64. The predicted octanol–water partition coefficient (Wildman–Crippen LogP) is 3.92. The summed E-state index contributed by atoms with van der Waals surface area (Å²) < 4.78 is 6.28. The van der Waals surface area contributed by atoms with Crippen LogP contribution in [-0.4, -0.2) is 16.1 Å².